The Morgan fingerprint density at radius 3 is 2.50 bits per heavy atom. The van der Waals surface area contributed by atoms with Crippen LogP contribution in [0.3, 0.4) is 0 Å². The van der Waals surface area contributed by atoms with Crippen LogP contribution in [0.25, 0.3) is 0 Å². The average Bonchev–Trinajstić information content (AvgIpc) is 2.46. The van der Waals surface area contributed by atoms with Gasteiger partial charge < -0.3 is 10.6 Å². The summed E-state index contributed by atoms with van der Waals surface area (Å²) in [5, 5.41) is 0. The first-order valence-corrected chi connectivity index (χ1v) is 8.58. The molecular weight excluding hydrogens is 268 g/mol. The molecule has 0 aliphatic carbocycles. The molecule has 0 unspecified atom stereocenters. The highest BCUT2D eigenvalue weighted by molar-refractivity contribution is 8.00. The first-order chi connectivity index (χ1) is 9.49. The van der Waals surface area contributed by atoms with Crippen LogP contribution >= 0.6 is 11.8 Å². The summed E-state index contributed by atoms with van der Waals surface area (Å²) < 4.78 is 0.251. The van der Waals surface area contributed by atoms with E-state index in [1.165, 1.54) is 0 Å². The third-order valence-corrected chi connectivity index (χ3v) is 5.66. The number of anilines is 1. The maximum absolute atomic E-state index is 5.95. The summed E-state index contributed by atoms with van der Waals surface area (Å²) in [4.78, 5) is 11.7. The van der Waals surface area contributed by atoms with Gasteiger partial charge in [-0.05, 0) is 38.0 Å². The maximum atomic E-state index is 5.95. The number of rotatable bonds is 4. The lowest BCUT2D eigenvalue weighted by molar-refractivity contribution is 0.452. The quantitative estimate of drug-likeness (QED) is 0.925. The predicted octanol–water partition coefficient (Wildman–Crippen LogP) is 2.57. The van der Waals surface area contributed by atoms with Crippen molar-refractivity contribution < 1.29 is 0 Å². The molecule has 2 heterocycles. The zero-order chi connectivity index (χ0) is 14.8. The van der Waals surface area contributed by atoms with Gasteiger partial charge in [-0.3, -0.25) is 0 Å². The SMILES string of the molecule is CSC1(CN)CCN(c2nc(C)cc(C(C)C)n2)CC1. The number of aromatic nitrogens is 2. The molecule has 4 nitrogen and oxygen atoms in total. The largest absolute Gasteiger partial charge is 0.341 e. The number of piperidine rings is 1. The van der Waals surface area contributed by atoms with Crippen molar-refractivity contribution in [3.05, 3.63) is 17.5 Å². The Hall–Kier alpha value is -0.810. The minimum atomic E-state index is 0.251. The molecule has 2 rings (SSSR count). The van der Waals surface area contributed by atoms with Crippen molar-refractivity contribution in [2.45, 2.75) is 44.3 Å². The molecule has 5 heteroatoms. The monoisotopic (exact) mass is 294 g/mol. The average molecular weight is 294 g/mol. The fourth-order valence-electron chi connectivity index (χ4n) is 2.62. The molecule has 2 N–H and O–H groups in total. The second-order valence-corrected chi connectivity index (χ2v) is 7.24. The van der Waals surface area contributed by atoms with Gasteiger partial charge in [-0.25, -0.2) is 9.97 Å². The Morgan fingerprint density at radius 2 is 2.00 bits per heavy atom. The van der Waals surface area contributed by atoms with Crippen molar-refractivity contribution >= 4 is 17.7 Å². The standard InChI is InChI=1S/C15H26N4S/c1-11(2)13-9-12(3)17-14(18-13)19-7-5-15(10-16,20-4)6-8-19/h9,11H,5-8,10,16H2,1-4H3. The van der Waals surface area contributed by atoms with Crippen molar-refractivity contribution in [3.63, 3.8) is 0 Å². The summed E-state index contributed by atoms with van der Waals surface area (Å²) in [6, 6.07) is 2.09. The van der Waals surface area contributed by atoms with Gasteiger partial charge in [-0.1, -0.05) is 13.8 Å². The molecule has 1 saturated heterocycles. The summed E-state index contributed by atoms with van der Waals surface area (Å²) >= 11 is 1.91. The Morgan fingerprint density at radius 1 is 1.35 bits per heavy atom. The molecule has 0 amide bonds. The highest BCUT2D eigenvalue weighted by Crippen LogP contribution is 2.34. The molecule has 0 atom stereocenters. The van der Waals surface area contributed by atoms with E-state index in [9.17, 15) is 0 Å². The summed E-state index contributed by atoms with van der Waals surface area (Å²) in [7, 11) is 0. The Kier molecular flexibility index (Phi) is 4.91. The van der Waals surface area contributed by atoms with Gasteiger partial charge >= 0.3 is 0 Å². The van der Waals surface area contributed by atoms with Crippen LogP contribution in [0.1, 0.15) is 44.0 Å². The van der Waals surface area contributed by atoms with E-state index in [0.717, 1.165) is 49.8 Å². The van der Waals surface area contributed by atoms with Gasteiger partial charge in [-0.15, -0.1) is 0 Å². The summed E-state index contributed by atoms with van der Waals surface area (Å²) in [6.07, 6.45) is 4.39. The minimum Gasteiger partial charge on any atom is -0.341 e. The number of aryl methyl sites for hydroxylation is 1. The normalized spacial score (nSPS) is 18.6. The van der Waals surface area contributed by atoms with E-state index in [2.05, 4.69) is 36.1 Å². The summed E-state index contributed by atoms with van der Waals surface area (Å²) in [5.74, 6) is 1.33. The van der Waals surface area contributed by atoms with Crippen molar-refractivity contribution in [1.29, 1.82) is 0 Å². The number of nitrogens with two attached hydrogens (primary N) is 1. The van der Waals surface area contributed by atoms with Crippen molar-refractivity contribution in [2.24, 2.45) is 5.73 Å². The van der Waals surface area contributed by atoms with Crippen molar-refractivity contribution in [1.82, 2.24) is 9.97 Å². The first kappa shape index (κ1) is 15.6. The van der Waals surface area contributed by atoms with E-state index in [1.807, 2.05) is 18.7 Å². The van der Waals surface area contributed by atoms with Crippen LogP contribution in [0, 0.1) is 6.92 Å². The van der Waals surface area contributed by atoms with Crippen LogP contribution in [0.15, 0.2) is 6.07 Å². The van der Waals surface area contributed by atoms with Crippen LogP contribution in [0.2, 0.25) is 0 Å². The molecule has 0 radical (unpaired) electrons. The lowest BCUT2D eigenvalue weighted by Gasteiger charge is -2.40. The molecule has 1 aliphatic rings. The molecule has 1 aliphatic heterocycles. The molecule has 0 aromatic carbocycles. The molecule has 1 aromatic heterocycles. The maximum Gasteiger partial charge on any atom is 0.225 e. The second kappa shape index (κ2) is 6.31. The van der Waals surface area contributed by atoms with Gasteiger partial charge in [0, 0.05) is 35.8 Å². The van der Waals surface area contributed by atoms with E-state index in [0.29, 0.717) is 5.92 Å². The molecule has 0 bridgehead atoms. The van der Waals surface area contributed by atoms with Gasteiger partial charge in [-0.2, -0.15) is 11.8 Å². The third-order valence-electron chi connectivity index (χ3n) is 4.22. The predicted molar refractivity (Wildman–Crippen MR) is 87.6 cm³/mol. The third kappa shape index (κ3) is 3.26. The molecule has 1 aromatic rings. The van der Waals surface area contributed by atoms with Crippen molar-refractivity contribution in [3.8, 4) is 0 Å². The van der Waals surface area contributed by atoms with Gasteiger partial charge in [0.2, 0.25) is 5.95 Å². The summed E-state index contributed by atoms with van der Waals surface area (Å²) in [5.41, 5.74) is 8.14. The van der Waals surface area contributed by atoms with E-state index in [1.54, 1.807) is 0 Å². The molecular formula is C15H26N4S. The molecule has 0 spiro atoms. The topological polar surface area (TPSA) is 55.0 Å². The fraction of sp³-hybridized carbons (Fsp3) is 0.733. The number of thioether (sulfide) groups is 1. The number of nitrogens with zero attached hydrogens (tertiary/aromatic N) is 3. The van der Waals surface area contributed by atoms with E-state index in [4.69, 9.17) is 10.7 Å². The van der Waals surface area contributed by atoms with Crippen LogP contribution in [0.4, 0.5) is 5.95 Å². The van der Waals surface area contributed by atoms with E-state index < -0.39 is 0 Å². The van der Waals surface area contributed by atoms with Crippen LogP contribution in [0.5, 0.6) is 0 Å². The molecule has 112 valence electrons. The fourth-order valence-corrected chi connectivity index (χ4v) is 3.38. The van der Waals surface area contributed by atoms with E-state index in [-0.39, 0.29) is 4.75 Å². The van der Waals surface area contributed by atoms with Crippen LogP contribution < -0.4 is 10.6 Å². The Labute approximate surface area is 126 Å². The zero-order valence-corrected chi connectivity index (χ0v) is 13.8. The van der Waals surface area contributed by atoms with Crippen molar-refractivity contribution in [2.75, 3.05) is 30.8 Å². The summed E-state index contributed by atoms with van der Waals surface area (Å²) in [6.45, 7) is 9.16. The highest BCUT2D eigenvalue weighted by Gasteiger charge is 2.33. The van der Waals surface area contributed by atoms with Crippen LogP contribution in [-0.4, -0.2) is 40.6 Å². The number of hydrogen-bond acceptors (Lipinski definition) is 5. The Bertz CT molecular complexity index is 447. The van der Waals surface area contributed by atoms with Gasteiger partial charge in [0.1, 0.15) is 0 Å². The second-order valence-electron chi connectivity index (χ2n) is 5.97. The van der Waals surface area contributed by atoms with Crippen LogP contribution in [-0.2, 0) is 0 Å². The zero-order valence-electron chi connectivity index (χ0n) is 13.0. The smallest absolute Gasteiger partial charge is 0.225 e. The Balaban J connectivity index is 2.14. The molecule has 0 saturated carbocycles. The lowest BCUT2D eigenvalue weighted by Crippen LogP contribution is -2.47. The minimum absolute atomic E-state index is 0.251. The van der Waals surface area contributed by atoms with E-state index >= 15 is 0 Å². The van der Waals surface area contributed by atoms with Gasteiger partial charge in [0.05, 0.1) is 0 Å². The number of hydrogen-bond donors (Lipinski definition) is 1. The lowest BCUT2D eigenvalue weighted by atomic mass is 9.96. The van der Waals surface area contributed by atoms with Gasteiger partial charge in [0.15, 0.2) is 0 Å². The molecule has 20 heavy (non-hydrogen) atoms. The first-order valence-electron chi connectivity index (χ1n) is 7.35. The highest BCUT2D eigenvalue weighted by atomic mass is 32.2. The van der Waals surface area contributed by atoms with Gasteiger partial charge in [0.25, 0.3) is 0 Å². The molecule has 1 fully saturated rings.